The Labute approximate surface area is 155 Å². The zero-order valence-corrected chi connectivity index (χ0v) is 15.9. The van der Waals surface area contributed by atoms with Crippen LogP contribution in [0.4, 0.5) is 4.39 Å². The van der Waals surface area contributed by atoms with Gasteiger partial charge in [0.05, 0.1) is 18.1 Å². The van der Waals surface area contributed by atoms with Gasteiger partial charge in [-0.3, -0.25) is 4.79 Å². The Bertz CT molecular complexity index is 724. The summed E-state index contributed by atoms with van der Waals surface area (Å²) in [5, 5.41) is 5.97. The topological polar surface area (TPSA) is 50.4 Å². The lowest BCUT2D eigenvalue weighted by Crippen LogP contribution is -2.36. The SMILES string of the molecule is COc1ccc([C@H](C)NCC(=O)NCCc2ccccc2F)cc1Br. The van der Waals surface area contributed by atoms with E-state index >= 15 is 0 Å². The van der Waals surface area contributed by atoms with Gasteiger partial charge in [-0.2, -0.15) is 0 Å². The summed E-state index contributed by atoms with van der Waals surface area (Å²) in [5.41, 5.74) is 1.65. The number of methoxy groups -OCH3 is 1. The Morgan fingerprint density at radius 3 is 2.72 bits per heavy atom. The first kappa shape index (κ1) is 19.4. The van der Waals surface area contributed by atoms with E-state index in [-0.39, 0.29) is 24.3 Å². The molecule has 134 valence electrons. The molecule has 25 heavy (non-hydrogen) atoms. The van der Waals surface area contributed by atoms with Crippen LogP contribution in [0.3, 0.4) is 0 Å². The molecule has 6 heteroatoms. The van der Waals surface area contributed by atoms with Gasteiger partial charge in [-0.15, -0.1) is 0 Å². The molecule has 0 saturated heterocycles. The van der Waals surface area contributed by atoms with Gasteiger partial charge in [-0.05, 0) is 58.6 Å². The molecule has 0 fully saturated rings. The summed E-state index contributed by atoms with van der Waals surface area (Å²) >= 11 is 3.46. The molecular formula is C19H22BrFN2O2. The lowest BCUT2D eigenvalue weighted by Gasteiger charge is -2.15. The van der Waals surface area contributed by atoms with Gasteiger partial charge >= 0.3 is 0 Å². The molecule has 2 N–H and O–H groups in total. The summed E-state index contributed by atoms with van der Waals surface area (Å²) in [5.74, 6) is 0.409. The number of rotatable bonds is 8. The number of hydrogen-bond acceptors (Lipinski definition) is 3. The summed E-state index contributed by atoms with van der Waals surface area (Å²) in [6, 6.07) is 12.4. The average Bonchev–Trinajstić information content (AvgIpc) is 2.61. The molecule has 0 aliphatic rings. The molecular weight excluding hydrogens is 387 g/mol. The van der Waals surface area contributed by atoms with Crippen LogP contribution in [-0.2, 0) is 11.2 Å². The van der Waals surface area contributed by atoms with Crippen molar-refractivity contribution in [2.24, 2.45) is 0 Å². The third kappa shape index (κ3) is 5.83. The Morgan fingerprint density at radius 1 is 1.28 bits per heavy atom. The molecule has 0 heterocycles. The third-order valence-corrected chi connectivity index (χ3v) is 4.54. The van der Waals surface area contributed by atoms with Crippen LogP contribution in [0.2, 0.25) is 0 Å². The molecule has 2 aromatic carbocycles. The van der Waals surface area contributed by atoms with Crippen molar-refractivity contribution in [3.63, 3.8) is 0 Å². The molecule has 2 rings (SSSR count). The van der Waals surface area contributed by atoms with Gasteiger partial charge in [-0.25, -0.2) is 4.39 Å². The number of nitrogens with one attached hydrogen (secondary N) is 2. The van der Waals surface area contributed by atoms with Crippen LogP contribution in [-0.4, -0.2) is 26.1 Å². The number of carbonyl (C=O) groups excluding carboxylic acids is 1. The van der Waals surface area contributed by atoms with Crippen molar-refractivity contribution in [3.8, 4) is 5.75 Å². The highest BCUT2D eigenvalue weighted by Gasteiger charge is 2.10. The zero-order chi connectivity index (χ0) is 18.2. The highest BCUT2D eigenvalue weighted by molar-refractivity contribution is 9.10. The van der Waals surface area contributed by atoms with E-state index in [0.717, 1.165) is 15.8 Å². The number of halogens is 2. The highest BCUT2D eigenvalue weighted by atomic mass is 79.9. The van der Waals surface area contributed by atoms with Gasteiger partial charge in [-0.1, -0.05) is 24.3 Å². The van der Waals surface area contributed by atoms with Gasteiger partial charge in [0, 0.05) is 12.6 Å². The van der Waals surface area contributed by atoms with Crippen molar-refractivity contribution in [1.82, 2.24) is 10.6 Å². The van der Waals surface area contributed by atoms with Crippen molar-refractivity contribution >= 4 is 21.8 Å². The second kappa shape index (κ2) is 9.53. The first-order chi connectivity index (χ1) is 12.0. The highest BCUT2D eigenvalue weighted by Crippen LogP contribution is 2.27. The lowest BCUT2D eigenvalue weighted by atomic mass is 10.1. The summed E-state index contributed by atoms with van der Waals surface area (Å²) < 4.78 is 19.6. The maximum atomic E-state index is 13.5. The minimum atomic E-state index is -0.242. The summed E-state index contributed by atoms with van der Waals surface area (Å²) in [6.07, 6.45) is 0.472. The van der Waals surface area contributed by atoms with E-state index < -0.39 is 0 Å². The molecule has 0 saturated carbocycles. The number of amides is 1. The Balaban J connectivity index is 1.75. The number of benzene rings is 2. The second-order valence-electron chi connectivity index (χ2n) is 5.69. The van der Waals surface area contributed by atoms with Gasteiger partial charge in [0.1, 0.15) is 11.6 Å². The van der Waals surface area contributed by atoms with Crippen LogP contribution >= 0.6 is 15.9 Å². The molecule has 0 radical (unpaired) electrons. The Kier molecular flexibility index (Phi) is 7.40. The monoisotopic (exact) mass is 408 g/mol. The molecule has 0 aliphatic heterocycles. The van der Waals surface area contributed by atoms with E-state index in [1.165, 1.54) is 6.07 Å². The van der Waals surface area contributed by atoms with E-state index in [0.29, 0.717) is 18.5 Å². The zero-order valence-electron chi connectivity index (χ0n) is 14.3. The number of carbonyl (C=O) groups is 1. The first-order valence-electron chi connectivity index (χ1n) is 8.08. The van der Waals surface area contributed by atoms with Gasteiger partial charge in [0.25, 0.3) is 0 Å². The number of hydrogen-bond donors (Lipinski definition) is 2. The average molecular weight is 409 g/mol. The third-order valence-electron chi connectivity index (χ3n) is 3.92. The molecule has 0 spiro atoms. The molecule has 0 aliphatic carbocycles. The van der Waals surface area contributed by atoms with Crippen LogP contribution < -0.4 is 15.4 Å². The maximum absolute atomic E-state index is 13.5. The largest absolute Gasteiger partial charge is 0.496 e. The van der Waals surface area contributed by atoms with E-state index in [1.54, 1.807) is 25.3 Å². The summed E-state index contributed by atoms with van der Waals surface area (Å²) in [7, 11) is 1.62. The molecule has 1 amide bonds. The van der Waals surface area contributed by atoms with E-state index in [4.69, 9.17) is 4.74 Å². The Hall–Kier alpha value is -1.92. The number of ether oxygens (including phenoxy) is 1. The van der Waals surface area contributed by atoms with E-state index in [2.05, 4.69) is 26.6 Å². The molecule has 0 unspecified atom stereocenters. The smallest absolute Gasteiger partial charge is 0.233 e. The van der Waals surface area contributed by atoms with Crippen molar-refractivity contribution in [1.29, 1.82) is 0 Å². The molecule has 1 atom stereocenters. The van der Waals surface area contributed by atoms with E-state index in [1.807, 2.05) is 25.1 Å². The predicted molar refractivity (Wildman–Crippen MR) is 100 cm³/mol. The van der Waals surface area contributed by atoms with Crippen LogP contribution in [0, 0.1) is 5.82 Å². The molecule has 0 bridgehead atoms. The van der Waals surface area contributed by atoms with Crippen molar-refractivity contribution in [3.05, 3.63) is 63.9 Å². The van der Waals surface area contributed by atoms with Crippen LogP contribution in [0.25, 0.3) is 0 Å². The Morgan fingerprint density at radius 2 is 2.04 bits per heavy atom. The van der Waals surface area contributed by atoms with Gasteiger partial charge < -0.3 is 15.4 Å². The normalized spacial score (nSPS) is 11.8. The van der Waals surface area contributed by atoms with Crippen LogP contribution in [0.5, 0.6) is 5.75 Å². The fourth-order valence-corrected chi connectivity index (χ4v) is 2.97. The lowest BCUT2D eigenvalue weighted by molar-refractivity contribution is -0.120. The first-order valence-corrected chi connectivity index (χ1v) is 8.87. The molecule has 4 nitrogen and oxygen atoms in total. The summed E-state index contributed by atoms with van der Waals surface area (Å²) in [4.78, 5) is 11.9. The van der Waals surface area contributed by atoms with E-state index in [9.17, 15) is 9.18 Å². The minimum Gasteiger partial charge on any atom is -0.496 e. The van der Waals surface area contributed by atoms with Gasteiger partial charge in [0.2, 0.25) is 5.91 Å². The molecule has 2 aromatic rings. The van der Waals surface area contributed by atoms with Crippen LogP contribution in [0.15, 0.2) is 46.9 Å². The fraction of sp³-hybridized carbons (Fsp3) is 0.316. The van der Waals surface area contributed by atoms with Crippen molar-refractivity contribution in [2.45, 2.75) is 19.4 Å². The minimum absolute atomic E-state index is 0.0134. The van der Waals surface area contributed by atoms with Crippen LogP contribution in [0.1, 0.15) is 24.1 Å². The van der Waals surface area contributed by atoms with Crippen molar-refractivity contribution in [2.75, 3.05) is 20.2 Å². The van der Waals surface area contributed by atoms with Gasteiger partial charge in [0.15, 0.2) is 0 Å². The second-order valence-corrected chi connectivity index (χ2v) is 6.54. The standard InChI is InChI=1S/C19H22BrFN2O2/c1-13(15-7-8-18(25-2)16(20)11-15)23-12-19(24)22-10-9-14-5-3-4-6-17(14)21/h3-8,11,13,23H,9-10,12H2,1-2H3,(H,22,24)/t13-/m0/s1. The maximum Gasteiger partial charge on any atom is 0.233 e. The predicted octanol–water partition coefficient (Wildman–Crippen LogP) is 3.61. The van der Waals surface area contributed by atoms with Crippen molar-refractivity contribution < 1.29 is 13.9 Å². The fourth-order valence-electron chi connectivity index (χ4n) is 2.42. The summed E-state index contributed by atoms with van der Waals surface area (Å²) in [6.45, 7) is 2.59. The molecule has 0 aromatic heterocycles. The quantitative estimate of drug-likeness (QED) is 0.701.